The van der Waals surface area contributed by atoms with Gasteiger partial charge < -0.3 is 4.90 Å². The van der Waals surface area contributed by atoms with Crippen molar-refractivity contribution in [1.29, 1.82) is 0 Å². The van der Waals surface area contributed by atoms with Crippen molar-refractivity contribution >= 4 is 0 Å². The molecule has 3 rings (SSSR count). The molecule has 0 amide bonds. The van der Waals surface area contributed by atoms with E-state index in [9.17, 15) is 4.39 Å². The average molecular weight is 289 g/mol. The molecule has 2 aliphatic rings. The molecule has 1 unspecified atom stereocenters. The highest BCUT2D eigenvalue weighted by Gasteiger charge is 2.23. The highest BCUT2D eigenvalue weighted by atomic mass is 19.1. The molecular formula is C19H28FN. The molecule has 0 N–H and O–H groups in total. The van der Waals surface area contributed by atoms with Gasteiger partial charge in [0.25, 0.3) is 0 Å². The summed E-state index contributed by atoms with van der Waals surface area (Å²) in [5.41, 5.74) is 1.29. The number of hydrogen-bond donors (Lipinski definition) is 0. The van der Waals surface area contributed by atoms with Crippen molar-refractivity contribution < 1.29 is 4.39 Å². The molecule has 1 atom stereocenters. The molecule has 1 aliphatic carbocycles. The molecule has 1 nitrogen and oxygen atoms in total. The molecule has 2 heteroatoms. The Labute approximate surface area is 128 Å². The number of rotatable bonds is 4. The largest absolute Gasteiger partial charge is 0.303 e. The first-order valence-electron chi connectivity index (χ1n) is 8.76. The minimum absolute atomic E-state index is 0.124. The van der Waals surface area contributed by atoms with E-state index >= 15 is 0 Å². The fourth-order valence-electron chi connectivity index (χ4n) is 4.17. The SMILES string of the molecule is Fc1ccc(CC2CCCN(CC3CCCCC3)C2)cc1. The zero-order valence-corrected chi connectivity index (χ0v) is 13.1. The number of likely N-dealkylation sites (tertiary alicyclic amines) is 1. The van der Waals surface area contributed by atoms with E-state index in [4.69, 9.17) is 0 Å². The number of benzene rings is 1. The predicted octanol–water partition coefficient (Wildman–Crippen LogP) is 4.66. The van der Waals surface area contributed by atoms with E-state index in [0.717, 1.165) is 18.3 Å². The van der Waals surface area contributed by atoms with Crippen LogP contribution in [0.2, 0.25) is 0 Å². The maximum Gasteiger partial charge on any atom is 0.123 e. The highest BCUT2D eigenvalue weighted by molar-refractivity contribution is 5.16. The molecule has 1 heterocycles. The zero-order valence-electron chi connectivity index (χ0n) is 13.1. The summed E-state index contributed by atoms with van der Waals surface area (Å²) < 4.78 is 13.0. The van der Waals surface area contributed by atoms with Gasteiger partial charge in [0.2, 0.25) is 0 Å². The summed E-state index contributed by atoms with van der Waals surface area (Å²) in [5, 5.41) is 0. The third-order valence-corrected chi connectivity index (χ3v) is 5.28. The summed E-state index contributed by atoms with van der Waals surface area (Å²) in [4.78, 5) is 2.70. The normalized spacial score (nSPS) is 25.1. The van der Waals surface area contributed by atoms with Crippen LogP contribution in [0, 0.1) is 17.7 Å². The van der Waals surface area contributed by atoms with Crippen molar-refractivity contribution in [1.82, 2.24) is 4.90 Å². The number of halogens is 1. The van der Waals surface area contributed by atoms with Crippen molar-refractivity contribution in [2.45, 2.75) is 51.4 Å². The summed E-state index contributed by atoms with van der Waals surface area (Å²) in [6, 6.07) is 7.10. The van der Waals surface area contributed by atoms with E-state index in [1.807, 2.05) is 12.1 Å². The van der Waals surface area contributed by atoms with Crippen molar-refractivity contribution in [3.8, 4) is 0 Å². The summed E-state index contributed by atoms with van der Waals surface area (Å²) in [6.45, 7) is 3.85. The van der Waals surface area contributed by atoms with E-state index in [1.165, 1.54) is 70.1 Å². The summed E-state index contributed by atoms with van der Waals surface area (Å²) >= 11 is 0. The van der Waals surface area contributed by atoms with E-state index in [-0.39, 0.29) is 5.82 Å². The third-order valence-electron chi connectivity index (χ3n) is 5.28. The van der Waals surface area contributed by atoms with Crippen molar-refractivity contribution in [3.05, 3.63) is 35.6 Å². The van der Waals surface area contributed by atoms with Gasteiger partial charge >= 0.3 is 0 Å². The van der Waals surface area contributed by atoms with Crippen LogP contribution < -0.4 is 0 Å². The molecule has 1 aliphatic heterocycles. The van der Waals surface area contributed by atoms with Crippen molar-refractivity contribution in [2.75, 3.05) is 19.6 Å². The molecular weight excluding hydrogens is 261 g/mol. The van der Waals surface area contributed by atoms with Crippen molar-refractivity contribution in [3.63, 3.8) is 0 Å². The number of hydrogen-bond acceptors (Lipinski definition) is 1. The fourth-order valence-corrected chi connectivity index (χ4v) is 4.17. The van der Waals surface area contributed by atoms with Gasteiger partial charge in [0, 0.05) is 13.1 Å². The standard InChI is InChI=1S/C19H28FN/c20-19-10-8-16(9-11-19)13-18-7-4-12-21(15-18)14-17-5-2-1-3-6-17/h8-11,17-18H,1-7,12-15H2. The maximum absolute atomic E-state index is 13.0. The average Bonchev–Trinajstić information content (AvgIpc) is 2.51. The Balaban J connectivity index is 1.49. The predicted molar refractivity (Wildman–Crippen MR) is 85.8 cm³/mol. The van der Waals surface area contributed by atoms with Gasteiger partial charge in [-0.15, -0.1) is 0 Å². The van der Waals surface area contributed by atoms with Crippen LogP contribution in [-0.4, -0.2) is 24.5 Å². The molecule has 21 heavy (non-hydrogen) atoms. The quantitative estimate of drug-likeness (QED) is 0.779. The first-order chi connectivity index (χ1) is 10.3. The highest BCUT2D eigenvalue weighted by Crippen LogP contribution is 2.27. The van der Waals surface area contributed by atoms with Gasteiger partial charge in [-0.25, -0.2) is 4.39 Å². The topological polar surface area (TPSA) is 3.24 Å². The lowest BCUT2D eigenvalue weighted by atomic mass is 9.87. The number of nitrogens with zero attached hydrogens (tertiary/aromatic N) is 1. The number of piperidine rings is 1. The van der Waals surface area contributed by atoms with Crippen LogP contribution in [-0.2, 0) is 6.42 Å². The molecule has 0 spiro atoms. The minimum Gasteiger partial charge on any atom is -0.303 e. The lowest BCUT2D eigenvalue weighted by Gasteiger charge is -2.36. The Morgan fingerprint density at radius 3 is 2.38 bits per heavy atom. The van der Waals surface area contributed by atoms with Gasteiger partial charge in [-0.3, -0.25) is 0 Å². The van der Waals surface area contributed by atoms with Gasteiger partial charge in [0.15, 0.2) is 0 Å². The molecule has 116 valence electrons. The van der Waals surface area contributed by atoms with Crippen LogP contribution >= 0.6 is 0 Å². The second-order valence-electron chi connectivity index (χ2n) is 7.10. The van der Waals surface area contributed by atoms with E-state index in [0.29, 0.717) is 0 Å². The first-order valence-corrected chi connectivity index (χ1v) is 8.76. The molecule has 1 aromatic rings. The second kappa shape index (κ2) is 7.40. The lowest BCUT2D eigenvalue weighted by molar-refractivity contribution is 0.137. The Hall–Kier alpha value is -0.890. The van der Waals surface area contributed by atoms with Crippen LogP contribution in [0.4, 0.5) is 4.39 Å². The van der Waals surface area contributed by atoms with Crippen LogP contribution in [0.3, 0.4) is 0 Å². The summed E-state index contributed by atoms with van der Waals surface area (Å²) in [5.74, 6) is 1.58. The Morgan fingerprint density at radius 2 is 1.62 bits per heavy atom. The Kier molecular flexibility index (Phi) is 5.29. The molecule has 0 radical (unpaired) electrons. The summed E-state index contributed by atoms with van der Waals surface area (Å²) in [7, 11) is 0. The zero-order chi connectivity index (χ0) is 14.5. The fraction of sp³-hybridized carbons (Fsp3) is 0.684. The van der Waals surface area contributed by atoms with Crippen molar-refractivity contribution in [2.24, 2.45) is 11.8 Å². The smallest absolute Gasteiger partial charge is 0.123 e. The molecule has 1 aromatic carbocycles. The van der Waals surface area contributed by atoms with Crippen LogP contribution in [0.1, 0.15) is 50.5 Å². The van der Waals surface area contributed by atoms with Crippen LogP contribution in [0.25, 0.3) is 0 Å². The van der Waals surface area contributed by atoms with E-state index in [2.05, 4.69) is 4.90 Å². The monoisotopic (exact) mass is 289 g/mol. The maximum atomic E-state index is 13.0. The van der Waals surface area contributed by atoms with Crippen LogP contribution in [0.15, 0.2) is 24.3 Å². The van der Waals surface area contributed by atoms with Gasteiger partial charge in [-0.05, 0) is 68.2 Å². The summed E-state index contributed by atoms with van der Waals surface area (Å²) in [6.07, 6.45) is 11.0. The lowest BCUT2D eigenvalue weighted by Crippen LogP contribution is -2.39. The Bertz CT molecular complexity index is 422. The van der Waals surface area contributed by atoms with Gasteiger partial charge in [-0.1, -0.05) is 31.4 Å². The van der Waals surface area contributed by atoms with Gasteiger partial charge in [0.1, 0.15) is 5.82 Å². The van der Waals surface area contributed by atoms with Gasteiger partial charge in [0.05, 0.1) is 0 Å². The molecule has 0 bridgehead atoms. The van der Waals surface area contributed by atoms with Crippen LogP contribution in [0.5, 0.6) is 0 Å². The minimum atomic E-state index is -0.124. The molecule has 0 aromatic heterocycles. The van der Waals surface area contributed by atoms with Gasteiger partial charge in [-0.2, -0.15) is 0 Å². The second-order valence-corrected chi connectivity index (χ2v) is 7.10. The molecule has 1 saturated heterocycles. The Morgan fingerprint density at radius 1 is 0.905 bits per heavy atom. The van der Waals surface area contributed by atoms with E-state index in [1.54, 1.807) is 12.1 Å². The molecule has 1 saturated carbocycles. The molecule has 2 fully saturated rings. The third kappa shape index (κ3) is 4.54. The van der Waals surface area contributed by atoms with E-state index < -0.39 is 0 Å². The first kappa shape index (κ1) is 15.0.